The fourth-order valence-corrected chi connectivity index (χ4v) is 6.15. The standard InChI is InChI=1S/C26H26N2O/c1-15-9-11-18-19-12-10-16(2)27-25(19)29-24(18)22(15)23-17(3)28-14-13-26(23,4)20-7-5-6-8-21(20)28/h5-12,17,23H,13-14H2,1-4H3. The number of piperidine rings is 1. The van der Waals surface area contributed by atoms with E-state index in [9.17, 15) is 0 Å². The number of rotatable bonds is 1. The summed E-state index contributed by atoms with van der Waals surface area (Å²) in [5.41, 5.74) is 8.46. The Morgan fingerprint density at radius 1 is 1.03 bits per heavy atom. The molecule has 0 aliphatic carbocycles. The van der Waals surface area contributed by atoms with Crippen LogP contribution < -0.4 is 4.90 Å². The molecule has 1 saturated heterocycles. The smallest absolute Gasteiger partial charge is 0.227 e. The van der Waals surface area contributed by atoms with Gasteiger partial charge < -0.3 is 9.32 Å². The number of pyridine rings is 1. The molecular formula is C26H26N2O. The maximum absolute atomic E-state index is 6.46. The summed E-state index contributed by atoms with van der Waals surface area (Å²) < 4.78 is 6.46. The van der Waals surface area contributed by atoms with Crippen LogP contribution in [-0.2, 0) is 5.41 Å². The van der Waals surface area contributed by atoms with Crippen molar-refractivity contribution in [2.45, 2.75) is 51.5 Å². The van der Waals surface area contributed by atoms with Gasteiger partial charge in [0, 0.05) is 51.6 Å². The lowest BCUT2D eigenvalue weighted by molar-refractivity contribution is 0.243. The molecule has 29 heavy (non-hydrogen) atoms. The predicted molar refractivity (Wildman–Crippen MR) is 119 cm³/mol. The Morgan fingerprint density at radius 3 is 2.69 bits per heavy atom. The Kier molecular flexibility index (Phi) is 3.31. The van der Waals surface area contributed by atoms with Gasteiger partial charge in [0.05, 0.1) is 0 Å². The number of aryl methyl sites for hydroxylation is 2. The molecule has 4 aromatic rings. The van der Waals surface area contributed by atoms with Crippen LogP contribution in [0.3, 0.4) is 0 Å². The van der Waals surface area contributed by atoms with Crippen LogP contribution in [0.5, 0.6) is 0 Å². The van der Waals surface area contributed by atoms with Gasteiger partial charge in [0.2, 0.25) is 5.71 Å². The van der Waals surface area contributed by atoms with Crippen LogP contribution in [0.1, 0.15) is 48.6 Å². The minimum Gasteiger partial charge on any atom is -0.437 e. The predicted octanol–water partition coefficient (Wildman–Crippen LogP) is 6.25. The second kappa shape index (κ2) is 5.63. The van der Waals surface area contributed by atoms with Crippen molar-refractivity contribution in [2.75, 3.05) is 11.4 Å². The fourth-order valence-electron chi connectivity index (χ4n) is 6.15. The van der Waals surface area contributed by atoms with Crippen molar-refractivity contribution in [1.82, 2.24) is 4.98 Å². The SMILES string of the molecule is Cc1ccc2c(n1)oc1c(C3C(C)N4CCC3(C)c3ccccc34)c(C)ccc12. The third kappa shape index (κ3) is 2.11. The Balaban J connectivity index is 1.66. The third-order valence-corrected chi connectivity index (χ3v) is 7.57. The van der Waals surface area contributed by atoms with Gasteiger partial charge in [-0.15, -0.1) is 0 Å². The molecule has 3 heteroatoms. The van der Waals surface area contributed by atoms with Gasteiger partial charge in [-0.2, -0.15) is 0 Å². The molecule has 3 nitrogen and oxygen atoms in total. The van der Waals surface area contributed by atoms with Crippen LogP contribution in [0.15, 0.2) is 52.9 Å². The highest BCUT2D eigenvalue weighted by Crippen LogP contribution is 2.57. The Morgan fingerprint density at radius 2 is 1.83 bits per heavy atom. The summed E-state index contributed by atoms with van der Waals surface area (Å²) in [5.74, 6) is 0.386. The molecule has 2 bridgehead atoms. The van der Waals surface area contributed by atoms with E-state index in [0.29, 0.717) is 12.0 Å². The van der Waals surface area contributed by atoms with E-state index >= 15 is 0 Å². The van der Waals surface area contributed by atoms with E-state index in [4.69, 9.17) is 4.42 Å². The average Bonchev–Trinajstić information content (AvgIpc) is 3.07. The first-order valence-corrected chi connectivity index (χ1v) is 10.6. The van der Waals surface area contributed by atoms with Crippen molar-refractivity contribution in [1.29, 1.82) is 0 Å². The van der Waals surface area contributed by atoms with Gasteiger partial charge in [0.1, 0.15) is 5.58 Å². The van der Waals surface area contributed by atoms with Crippen LogP contribution in [0.25, 0.3) is 22.1 Å². The Labute approximate surface area is 171 Å². The van der Waals surface area contributed by atoms with E-state index in [1.165, 1.54) is 34.2 Å². The summed E-state index contributed by atoms with van der Waals surface area (Å²) in [6.07, 6.45) is 1.17. The first-order chi connectivity index (χ1) is 14.0. The molecule has 3 aliphatic heterocycles. The summed E-state index contributed by atoms with van der Waals surface area (Å²) in [5, 5.41) is 2.31. The fraction of sp³-hybridized carbons (Fsp3) is 0.346. The minimum absolute atomic E-state index is 0.103. The average molecular weight is 383 g/mol. The van der Waals surface area contributed by atoms with E-state index < -0.39 is 0 Å². The van der Waals surface area contributed by atoms with Gasteiger partial charge in [-0.25, -0.2) is 4.98 Å². The van der Waals surface area contributed by atoms with Crippen molar-refractivity contribution >= 4 is 27.8 Å². The van der Waals surface area contributed by atoms with Gasteiger partial charge in [-0.3, -0.25) is 0 Å². The lowest BCUT2D eigenvalue weighted by atomic mass is 9.58. The van der Waals surface area contributed by atoms with Crippen LogP contribution >= 0.6 is 0 Å². The zero-order valence-corrected chi connectivity index (χ0v) is 17.5. The maximum Gasteiger partial charge on any atom is 0.227 e. The minimum atomic E-state index is 0.103. The molecule has 0 saturated carbocycles. The Hall–Kier alpha value is -2.81. The number of aromatic nitrogens is 1. The molecule has 3 unspecified atom stereocenters. The largest absolute Gasteiger partial charge is 0.437 e. The monoisotopic (exact) mass is 382 g/mol. The molecule has 0 amide bonds. The quantitative estimate of drug-likeness (QED) is 0.389. The van der Waals surface area contributed by atoms with Crippen LogP contribution in [-0.4, -0.2) is 17.6 Å². The first kappa shape index (κ1) is 17.1. The highest BCUT2D eigenvalue weighted by Gasteiger charge is 2.52. The zero-order valence-electron chi connectivity index (χ0n) is 17.5. The maximum atomic E-state index is 6.46. The second-order valence-electron chi connectivity index (χ2n) is 9.18. The van der Waals surface area contributed by atoms with Crippen LogP contribution in [0.2, 0.25) is 0 Å². The highest BCUT2D eigenvalue weighted by atomic mass is 16.3. The first-order valence-electron chi connectivity index (χ1n) is 10.6. The van der Waals surface area contributed by atoms with Crippen molar-refractivity contribution in [2.24, 2.45) is 0 Å². The summed E-state index contributed by atoms with van der Waals surface area (Å²) in [7, 11) is 0. The summed E-state index contributed by atoms with van der Waals surface area (Å²) >= 11 is 0. The number of benzene rings is 2. The van der Waals surface area contributed by atoms with E-state index in [1.807, 2.05) is 6.92 Å². The lowest BCUT2D eigenvalue weighted by Crippen LogP contribution is -2.57. The molecule has 3 atom stereocenters. The lowest BCUT2D eigenvalue weighted by Gasteiger charge is -2.58. The van der Waals surface area contributed by atoms with Gasteiger partial charge >= 0.3 is 0 Å². The van der Waals surface area contributed by atoms with Crippen molar-refractivity contribution in [3.8, 4) is 0 Å². The van der Waals surface area contributed by atoms with Crippen LogP contribution in [0.4, 0.5) is 5.69 Å². The van der Waals surface area contributed by atoms with Gasteiger partial charge in [0.15, 0.2) is 0 Å². The Bertz CT molecular complexity index is 1290. The zero-order chi connectivity index (χ0) is 19.9. The summed E-state index contributed by atoms with van der Waals surface area (Å²) in [6, 6.07) is 18.1. The van der Waals surface area contributed by atoms with Gasteiger partial charge in [-0.05, 0) is 56.5 Å². The number of hydrogen-bond acceptors (Lipinski definition) is 3. The number of para-hydroxylation sites is 1. The third-order valence-electron chi connectivity index (χ3n) is 7.57. The number of nitrogens with zero attached hydrogens (tertiary/aromatic N) is 2. The summed E-state index contributed by atoms with van der Waals surface area (Å²) in [4.78, 5) is 7.28. The van der Waals surface area contributed by atoms with Crippen molar-refractivity contribution in [3.63, 3.8) is 0 Å². The van der Waals surface area contributed by atoms with E-state index in [1.54, 1.807) is 0 Å². The normalized spacial score (nSPS) is 25.7. The molecule has 0 radical (unpaired) electrons. The molecule has 0 spiro atoms. The molecule has 0 N–H and O–H groups in total. The second-order valence-corrected chi connectivity index (χ2v) is 9.18. The number of furan rings is 1. The molecular weight excluding hydrogens is 356 g/mol. The number of hydrogen-bond donors (Lipinski definition) is 0. The van der Waals surface area contributed by atoms with Crippen molar-refractivity contribution < 1.29 is 4.42 Å². The molecule has 1 fully saturated rings. The number of fused-ring (bicyclic) bond motifs is 5. The topological polar surface area (TPSA) is 29.3 Å². The van der Waals surface area contributed by atoms with Gasteiger partial charge in [-0.1, -0.05) is 37.3 Å². The molecule has 2 aromatic carbocycles. The summed E-state index contributed by atoms with van der Waals surface area (Å²) in [6.45, 7) is 10.2. The highest BCUT2D eigenvalue weighted by molar-refractivity contribution is 6.05. The molecule has 3 aliphatic rings. The van der Waals surface area contributed by atoms with Crippen molar-refractivity contribution in [3.05, 3.63) is 70.9 Å². The molecule has 5 heterocycles. The number of anilines is 1. The van der Waals surface area contributed by atoms with E-state index in [-0.39, 0.29) is 5.41 Å². The van der Waals surface area contributed by atoms with Gasteiger partial charge in [0.25, 0.3) is 0 Å². The van der Waals surface area contributed by atoms with E-state index in [2.05, 4.69) is 79.2 Å². The van der Waals surface area contributed by atoms with E-state index in [0.717, 1.165) is 28.9 Å². The van der Waals surface area contributed by atoms with Crippen LogP contribution in [0, 0.1) is 13.8 Å². The molecule has 7 rings (SSSR count). The molecule has 2 aromatic heterocycles. The molecule has 146 valence electrons.